The number of ether oxygens (including phenoxy) is 2. The lowest BCUT2D eigenvalue weighted by Gasteiger charge is -2.18. The minimum Gasteiger partial charge on any atom is -0.493 e. The van der Waals surface area contributed by atoms with Gasteiger partial charge in [-0.2, -0.15) is 8.42 Å². The Bertz CT molecular complexity index is 1630. The number of aromatic nitrogens is 2. The van der Waals surface area contributed by atoms with Gasteiger partial charge in [0.2, 0.25) is 5.88 Å². The summed E-state index contributed by atoms with van der Waals surface area (Å²) in [7, 11) is -4.27. The molecular weight excluding hydrogens is 545 g/mol. The first-order valence-corrected chi connectivity index (χ1v) is 14.6. The third kappa shape index (κ3) is 8.11. The van der Waals surface area contributed by atoms with Crippen molar-refractivity contribution in [2.75, 3.05) is 6.61 Å². The predicted molar refractivity (Wildman–Crippen MR) is 154 cm³/mol. The number of nitrogens with zero attached hydrogens (tertiary/aromatic N) is 2. The van der Waals surface area contributed by atoms with E-state index in [1.165, 1.54) is 36.4 Å². The highest BCUT2D eigenvalue weighted by Gasteiger charge is 2.25. The monoisotopic (exact) mass is 577 g/mol. The molecule has 0 saturated heterocycles. The first kappa shape index (κ1) is 29.7. The minimum atomic E-state index is -4.27. The molecule has 0 saturated carbocycles. The van der Waals surface area contributed by atoms with Crippen molar-refractivity contribution >= 4 is 15.9 Å². The summed E-state index contributed by atoms with van der Waals surface area (Å²) in [6, 6.07) is 21.3. The number of carbonyl (C=O) groups is 1. The van der Waals surface area contributed by atoms with Crippen molar-refractivity contribution in [3.63, 3.8) is 0 Å². The van der Waals surface area contributed by atoms with Gasteiger partial charge in [-0.15, -0.1) is 0 Å². The smallest absolute Gasteiger partial charge is 0.281 e. The third-order valence-electron chi connectivity index (χ3n) is 5.90. The molecule has 2 aromatic heterocycles. The van der Waals surface area contributed by atoms with E-state index in [1.54, 1.807) is 19.1 Å². The average molecular weight is 578 g/mol. The topological polar surface area (TPSA) is 107 Å². The van der Waals surface area contributed by atoms with E-state index in [0.29, 0.717) is 35.7 Å². The lowest BCUT2D eigenvalue weighted by Crippen LogP contribution is -2.32. The second kappa shape index (κ2) is 12.9. The van der Waals surface area contributed by atoms with Gasteiger partial charge in [0.25, 0.3) is 15.9 Å². The van der Waals surface area contributed by atoms with Crippen LogP contribution in [-0.2, 0) is 16.4 Å². The number of benzene rings is 2. The average Bonchev–Trinajstić information content (AvgIpc) is 2.92. The number of rotatable bonds is 11. The van der Waals surface area contributed by atoms with E-state index < -0.39 is 27.9 Å². The second-order valence-electron chi connectivity index (χ2n) is 10.1. The van der Waals surface area contributed by atoms with Crippen LogP contribution in [0.3, 0.4) is 0 Å². The molecule has 8 nitrogen and oxygen atoms in total. The first-order chi connectivity index (χ1) is 19.5. The largest absolute Gasteiger partial charge is 0.493 e. The second-order valence-corrected chi connectivity index (χ2v) is 11.7. The number of amides is 1. The molecule has 0 fully saturated rings. The van der Waals surface area contributed by atoms with Gasteiger partial charge in [-0.25, -0.2) is 19.1 Å². The zero-order valence-electron chi connectivity index (χ0n) is 23.3. The molecule has 1 N–H and O–H groups in total. The van der Waals surface area contributed by atoms with Crippen molar-refractivity contribution in [2.24, 2.45) is 5.92 Å². The zero-order chi connectivity index (χ0) is 29.6. The number of pyridine rings is 2. The Morgan fingerprint density at radius 2 is 1.71 bits per heavy atom. The molecule has 10 heteroatoms. The van der Waals surface area contributed by atoms with E-state index in [0.717, 1.165) is 5.56 Å². The molecule has 0 aliphatic rings. The number of nitrogens with one attached hydrogen (secondary N) is 1. The highest BCUT2D eigenvalue weighted by molar-refractivity contribution is 7.90. The van der Waals surface area contributed by atoms with Crippen LogP contribution in [0.1, 0.15) is 42.4 Å². The Hall–Kier alpha value is -4.31. The molecule has 0 aliphatic carbocycles. The summed E-state index contributed by atoms with van der Waals surface area (Å²) in [6.45, 7) is 7.85. The standard InChI is InChI=1S/C31H32FN3O5S/c1-20(2)19-39-26-17-24(16-25(32)18-26)28-14-13-27(30(36)35-41(37,38)29-12-8-9-21(3)33-29)31(34-28)40-22(4)15-23-10-6-5-7-11-23/h5-14,16-18,20,22H,15,19H2,1-4H3,(H,35,36). The van der Waals surface area contributed by atoms with Gasteiger partial charge >= 0.3 is 0 Å². The van der Waals surface area contributed by atoms with E-state index in [2.05, 4.69) is 14.7 Å². The molecule has 2 heterocycles. The maximum atomic E-state index is 14.5. The van der Waals surface area contributed by atoms with Crippen LogP contribution >= 0.6 is 0 Å². The summed E-state index contributed by atoms with van der Waals surface area (Å²) >= 11 is 0. The quantitative estimate of drug-likeness (QED) is 0.242. The number of aryl methyl sites for hydroxylation is 1. The van der Waals surface area contributed by atoms with E-state index in [4.69, 9.17) is 9.47 Å². The van der Waals surface area contributed by atoms with Gasteiger partial charge in [0.15, 0.2) is 5.03 Å². The summed E-state index contributed by atoms with van der Waals surface area (Å²) < 4.78 is 54.2. The van der Waals surface area contributed by atoms with E-state index >= 15 is 0 Å². The van der Waals surface area contributed by atoms with Crippen LogP contribution in [-0.4, -0.2) is 37.0 Å². The number of sulfonamides is 1. The van der Waals surface area contributed by atoms with Gasteiger partial charge in [0.05, 0.1) is 12.3 Å². The Labute approximate surface area is 239 Å². The molecule has 0 spiro atoms. The summed E-state index contributed by atoms with van der Waals surface area (Å²) in [4.78, 5) is 21.8. The van der Waals surface area contributed by atoms with E-state index in [-0.39, 0.29) is 22.4 Å². The molecule has 4 rings (SSSR count). The van der Waals surface area contributed by atoms with Crippen molar-refractivity contribution in [1.29, 1.82) is 0 Å². The Balaban J connectivity index is 1.68. The molecule has 0 bridgehead atoms. The molecule has 1 unspecified atom stereocenters. The SMILES string of the molecule is Cc1cccc(S(=O)(=O)NC(=O)c2ccc(-c3cc(F)cc(OCC(C)C)c3)nc2OC(C)Cc2ccccc2)n1. The first-order valence-electron chi connectivity index (χ1n) is 13.2. The summed E-state index contributed by atoms with van der Waals surface area (Å²) in [5, 5.41) is -0.288. The van der Waals surface area contributed by atoms with E-state index in [9.17, 15) is 17.6 Å². The number of hydrogen-bond donors (Lipinski definition) is 1. The molecule has 41 heavy (non-hydrogen) atoms. The summed E-state index contributed by atoms with van der Waals surface area (Å²) in [5.41, 5.74) is 2.12. The van der Waals surface area contributed by atoms with Crippen LogP contribution in [0.4, 0.5) is 4.39 Å². The zero-order valence-corrected chi connectivity index (χ0v) is 24.1. The Kier molecular flexibility index (Phi) is 9.34. The lowest BCUT2D eigenvalue weighted by atomic mass is 10.1. The van der Waals surface area contributed by atoms with Gasteiger partial charge in [-0.05, 0) is 61.7 Å². The fourth-order valence-corrected chi connectivity index (χ4v) is 4.98. The maximum absolute atomic E-state index is 14.5. The number of carbonyl (C=O) groups excluding carboxylic acids is 1. The molecule has 0 radical (unpaired) electrons. The molecule has 0 aliphatic heterocycles. The Morgan fingerprint density at radius 3 is 2.41 bits per heavy atom. The molecule has 214 valence electrons. The Morgan fingerprint density at radius 1 is 0.951 bits per heavy atom. The van der Waals surface area contributed by atoms with Crippen LogP contribution in [0.15, 0.2) is 83.9 Å². The molecule has 2 aromatic carbocycles. The summed E-state index contributed by atoms with van der Waals surface area (Å²) in [5.74, 6) is -0.954. The van der Waals surface area contributed by atoms with Crippen molar-refractivity contribution < 1.29 is 27.1 Å². The summed E-state index contributed by atoms with van der Waals surface area (Å²) in [6.07, 6.45) is 0.0751. The van der Waals surface area contributed by atoms with Crippen LogP contribution < -0.4 is 14.2 Å². The van der Waals surface area contributed by atoms with Gasteiger partial charge in [0.1, 0.15) is 23.2 Å². The van der Waals surface area contributed by atoms with Crippen molar-refractivity contribution in [3.05, 3.63) is 102 Å². The van der Waals surface area contributed by atoms with Gasteiger partial charge in [0, 0.05) is 23.7 Å². The minimum absolute atomic E-state index is 0.0928. The molecule has 1 amide bonds. The lowest BCUT2D eigenvalue weighted by molar-refractivity contribution is 0.0973. The van der Waals surface area contributed by atoms with Crippen LogP contribution in [0, 0.1) is 18.7 Å². The van der Waals surface area contributed by atoms with Gasteiger partial charge in [-0.3, -0.25) is 4.79 Å². The highest BCUT2D eigenvalue weighted by atomic mass is 32.2. The van der Waals surface area contributed by atoms with Crippen LogP contribution in [0.25, 0.3) is 11.3 Å². The van der Waals surface area contributed by atoms with Crippen molar-refractivity contribution in [3.8, 4) is 22.9 Å². The fourth-order valence-electron chi connectivity index (χ4n) is 4.00. The molecule has 1 atom stereocenters. The number of hydrogen-bond acceptors (Lipinski definition) is 7. The predicted octanol–water partition coefficient (Wildman–Crippen LogP) is 5.75. The molecule has 4 aromatic rings. The normalized spacial score (nSPS) is 12.1. The van der Waals surface area contributed by atoms with E-state index in [1.807, 2.05) is 51.1 Å². The third-order valence-corrected chi connectivity index (χ3v) is 7.13. The highest BCUT2D eigenvalue weighted by Crippen LogP contribution is 2.29. The number of halogens is 1. The van der Waals surface area contributed by atoms with Crippen molar-refractivity contribution in [1.82, 2.24) is 14.7 Å². The fraction of sp³-hybridized carbons (Fsp3) is 0.258. The van der Waals surface area contributed by atoms with Crippen molar-refractivity contribution in [2.45, 2.75) is 45.2 Å². The van der Waals surface area contributed by atoms with Gasteiger partial charge in [-0.1, -0.05) is 50.2 Å². The van der Waals surface area contributed by atoms with Crippen LogP contribution in [0.2, 0.25) is 0 Å². The van der Waals surface area contributed by atoms with Gasteiger partial charge < -0.3 is 9.47 Å². The maximum Gasteiger partial charge on any atom is 0.281 e. The van der Waals surface area contributed by atoms with Crippen LogP contribution in [0.5, 0.6) is 11.6 Å². The molecular formula is C31H32FN3O5S.